The van der Waals surface area contributed by atoms with Crippen LogP contribution in [0.2, 0.25) is 0 Å². The molecule has 3 aromatic rings. The molecule has 2 heterocycles. The van der Waals surface area contributed by atoms with Crippen LogP contribution in [0.1, 0.15) is 11.1 Å². The van der Waals surface area contributed by atoms with Crippen molar-refractivity contribution >= 4 is 17.3 Å². The number of methoxy groups -OCH3 is 1. The highest BCUT2D eigenvalue weighted by Gasteiger charge is 2.42. The van der Waals surface area contributed by atoms with Crippen LogP contribution in [0.15, 0.2) is 72.8 Å². The summed E-state index contributed by atoms with van der Waals surface area (Å²) in [6, 6.07) is 20.3. The van der Waals surface area contributed by atoms with Gasteiger partial charge in [-0.15, -0.1) is 0 Å². The van der Waals surface area contributed by atoms with Crippen LogP contribution in [-0.2, 0) is 17.4 Å². The van der Waals surface area contributed by atoms with Crippen LogP contribution < -0.4 is 19.7 Å². The van der Waals surface area contributed by atoms with Crippen LogP contribution in [0.25, 0.3) is 0 Å². The minimum Gasteiger partial charge on any atom is -0.497 e. The number of anilines is 2. The maximum absolute atomic E-state index is 13.6. The molecule has 2 aliphatic rings. The second kappa shape index (κ2) is 10.9. The van der Waals surface area contributed by atoms with Crippen molar-refractivity contribution in [1.82, 2.24) is 4.90 Å². The highest BCUT2D eigenvalue weighted by atomic mass is 19.4. The lowest BCUT2D eigenvalue weighted by Gasteiger charge is -2.49. The van der Waals surface area contributed by atoms with Gasteiger partial charge in [-0.05, 0) is 54.4 Å². The Kier molecular flexibility index (Phi) is 7.46. The van der Waals surface area contributed by atoms with E-state index in [1.165, 1.54) is 6.07 Å². The predicted molar refractivity (Wildman–Crippen MR) is 140 cm³/mol. The number of carbonyl (C=O) groups is 1. The van der Waals surface area contributed by atoms with Gasteiger partial charge in [-0.1, -0.05) is 24.3 Å². The number of ether oxygens (including phenoxy) is 2. The van der Waals surface area contributed by atoms with Gasteiger partial charge in [0.05, 0.1) is 24.6 Å². The zero-order valence-corrected chi connectivity index (χ0v) is 21.1. The SMILES string of the molecule is COc1cccc(NC(=O)C2Cc3cc(C(F)(F)F)ccc3N3CCN(CCOc4ccccc4)CC23)c1. The number of benzene rings is 3. The van der Waals surface area contributed by atoms with E-state index < -0.39 is 17.7 Å². The second-order valence-electron chi connectivity index (χ2n) is 9.60. The van der Waals surface area contributed by atoms with Crippen LogP contribution >= 0.6 is 0 Å². The number of carbonyl (C=O) groups excluding carboxylic acids is 1. The molecule has 0 radical (unpaired) electrons. The van der Waals surface area contributed by atoms with Crippen molar-refractivity contribution in [3.05, 3.63) is 83.9 Å². The Balaban J connectivity index is 1.36. The summed E-state index contributed by atoms with van der Waals surface area (Å²) in [7, 11) is 1.55. The Morgan fingerprint density at radius 1 is 1.00 bits per heavy atom. The Hall–Kier alpha value is -3.72. The third kappa shape index (κ3) is 5.72. The maximum Gasteiger partial charge on any atom is 0.416 e. The average molecular weight is 526 g/mol. The molecule has 38 heavy (non-hydrogen) atoms. The summed E-state index contributed by atoms with van der Waals surface area (Å²) in [4.78, 5) is 17.9. The standard InChI is InChI=1S/C29H30F3N3O3/c1-37-24-9-5-6-22(18-24)33-28(36)25-17-20-16-21(29(30,31)32)10-11-26(20)35-13-12-34(19-27(25)35)14-15-38-23-7-3-2-4-8-23/h2-11,16,18,25,27H,12-15,17,19H2,1H3,(H,33,36). The molecule has 0 aliphatic carbocycles. The van der Waals surface area contributed by atoms with Gasteiger partial charge in [-0.25, -0.2) is 0 Å². The molecule has 2 unspecified atom stereocenters. The number of nitrogens with zero attached hydrogens (tertiary/aromatic N) is 2. The fourth-order valence-electron chi connectivity index (χ4n) is 5.31. The smallest absolute Gasteiger partial charge is 0.416 e. The van der Waals surface area contributed by atoms with Crippen molar-refractivity contribution in [1.29, 1.82) is 0 Å². The first-order valence-electron chi connectivity index (χ1n) is 12.6. The summed E-state index contributed by atoms with van der Waals surface area (Å²) in [5.41, 5.74) is 1.20. The molecule has 2 aliphatic heterocycles. The van der Waals surface area contributed by atoms with E-state index in [0.717, 1.165) is 24.0 Å². The summed E-state index contributed by atoms with van der Waals surface area (Å²) < 4.78 is 51.6. The third-order valence-corrected chi connectivity index (χ3v) is 7.22. The normalized spacial score (nSPS) is 19.3. The van der Waals surface area contributed by atoms with Crippen molar-refractivity contribution < 1.29 is 27.4 Å². The topological polar surface area (TPSA) is 54.0 Å². The number of para-hydroxylation sites is 1. The molecule has 1 amide bonds. The first kappa shape index (κ1) is 25.9. The fraction of sp³-hybridized carbons (Fsp3) is 0.345. The molecule has 0 bridgehead atoms. The lowest BCUT2D eigenvalue weighted by atomic mass is 9.82. The first-order valence-corrected chi connectivity index (χ1v) is 12.6. The van der Waals surface area contributed by atoms with Crippen LogP contribution in [0.3, 0.4) is 0 Å². The molecule has 200 valence electrons. The molecule has 0 spiro atoms. The number of amides is 1. The monoisotopic (exact) mass is 525 g/mol. The molecule has 5 rings (SSSR count). The van der Waals surface area contributed by atoms with E-state index in [1.54, 1.807) is 37.4 Å². The zero-order valence-electron chi connectivity index (χ0n) is 21.1. The molecule has 6 nitrogen and oxygen atoms in total. The Morgan fingerprint density at radius 3 is 2.55 bits per heavy atom. The Labute approximate surface area is 220 Å². The first-order chi connectivity index (χ1) is 18.3. The van der Waals surface area contributed by atoms with Gasteiger partial charge in [0.2, 0.25) is 5.91 Å². The number of halogens is 3. The van der Waals surface area contributed by atoms with Gasteiger partial charge >= 0.3 is 6.18 Å². The fourth-order valence-corrected chi connectivity index (χ4v) is 5.31. The quantitative estimate of drug-likeness (QED) is 0.466. The summed E-state index contributed by atoms with van der Waals surface area (Å²) in [5, 5.41) is 2.96. The number of hydrogen-bond donors (Lipinski definition) is 1. The minimum absolute atomic E-state index is 0.185. The van der Waals surface area contributed by atoms with Crippen molar-refractivity contribution in [2.45, 2.75) is 18.6 Å². The van der Waals surface area contributed by atoms with E-state index in [0.29, 0.717) is 43.2 Å². The van der Waals surface area contributed by atoms with Crippen LogP contribution in [0.5, 0.6) is 11.5 Å². The maximum atomic E-state index is 13.6. The highest BCUT2D eigenvalue weighted by molar-refractivity contribution is 5.94. The van der Waals surface area contributed by atoms with Gasteiger partial charge in [-0.2, -0.15) is 13.2 Å². The van der Waals surface area contributed by atoms with Gasteiger partial charge in [0, 0.05) is 43.6 Å². The van der Waals surface area contributed by atoms with Crippen molar-refractivity contribution in [3.63, 3.8) is 0 Å². The lowest BCUT2D eigenvalue weighted by Crippen LogP contribution is -2.60. The average Bonchev–Trinajstić information content (AvgIpc) is 2.92. The minimum atomic E-state index is -4.44. The van der Waals surface area contributed by atoms with Crippen molar-refractivity contribution in [3.8, 4) is 11.5 Å². The molecule has 1 saturated heterocycles. The molecule has 2 atom stereocenters. The molecule has 1 N–H and O–H groups in total. The lowest BCUT2D eigenvalue weighted by molar-refractivity contribution is -0.137. The number of rotatable bonds is 7. The van der Waals surface area contributed by atoms with E-state index in [-0.39, 0.29) is 18.4 Å². The number of alkyl halides is 3. The number of fused-ring (bicyclic) bond motifs is 3. The van der Waals surface area contributed by atoms with Crippen molar-refractivity contribution in [2.75, 3.05) is 50.1 Å². The number of piperazine rings is 1. The molecule has 0 saturated carbocycles. The van der Waals surface area contributed by atoms with Crippen LogP contribution in [0, 0.1) is 5.92 Å². The molecular weight excluding hydrogens is 495 g/mol. The van der Waals surface area contributed by atoms with E-state index >= 15 is 0 Å². The molecule has 9 heteroatoms. The third-order valence-electron chi connectivity index (χ3n) is 7.22. The zero-order chi connectivity index (χ0) is 26.7. The summed E-state index contributed by atoms with van der Waals surface area (Å²) in [5.74, 6) is 0.651. The molecular formula is C29H30F3N3O3. The van der Waals surface area contributed by atoms with Gasteiger partial charge in [0.15, 0.2) is 0 Å². The van der Waals surface area contributed by atoms with Gasteiger partial charge in [0.1, 0.15) is 18.1 Å². The molecule has 1 fully saturated rings. The number of hydrogen-bond acceptors (Lipinski definition) is 5. The van der Waals surface area contributed by atoms with E-state index in [2.05, 4.69) is 15.1 Å². The molecule has 3 aromatic carbocycles. The van der Waals surface area contributed by atoms with E-state index in [9.17, 15) is 18.0 Å². The van der Waals surface area contributed by atoms with Gasteiger partial charge in [-0.3, -0.25) is 9.69 Å². The van der Waals surface area contributed by atoms with Gasteiger partial charge < -0.3 is 19.7 Å². The summed E-state index contributed by atoms with van der Waals surface area (Å²) in [6.45, 7) is 3.12. The Bertz CT molecular complexity index is 1270. The van der Waals surface area contributed by atoms with Gasteiger partial charge in [0.25, 0.3) is 0 Å². The van der Waals surface area contributed by atoms with Crippen molar-refractivity contribution in [2.24, 2.45) is 5.92 Å². The van der Waals surface area contributed by atoms with E-state index in [4.69, 9.17) is 9.47 Å². The second-order valence-corrected chi connectivity index (χ2v) is 9.60. The predicted octanol–water partition coefficient (Wildman–Crippen LogP) is 5.09. The van der Waals surface area contributed by atoms with E-state index in [1.807, 2.05) is 30.3 Å². The van der Waals surface area contributed by atoms with Crippen LogP contribution in [-0.4, -0.2) is 56.7 Å². The highest BCUT2D eigenvalue weighted by Crippen LogP contribution is 2.40. The summed E-state index contributed by atoms with van der Waals surface area (Å²) >= 11 is 0. The van der Waals surface area contributed by atoms with Crippen LogP contribution in [0.4, 0.5) is 24.5 Å². The molecule has 0 aromatic heterocycles. The summed E-state index contributed by atoms with van der Waals surface area (Å²) in [6.07, 6.45) is -4.22. The Morgan fingerprint density at radius 2 is 1.79 bits per heavy atom. The largest absolute Gasteiger partial charge is 0.497 e. The number of nitrogens with one attached hydrogen (secondary N) is 1.